The third kappa shape index (κ3) is 5.05. The number of thiazole rings is 1. The largest absolute Gasteiger partial charge is 0.493 e. The Morgan fingerprint density at radius 1 is 1.08 bits per heavy atom. The Morgan fingerprint density at radius 2 is 1.81 bits per heavy atom. The van der Waals surface area contributed by atoms with E-state index in [4.69, 9.17) is 18.9 Å². The monoisotopic (exact) mass is 522 g/mol. The Hall–Kier alpha value is -4.18. The predicted octanol–water partition coefficient (Wildman–Crippen LogP) is 2.74. The Balaban J connectivity index is 1.96. The predicted molar refractivity (Wildman–Crippen MR) is 138 cm³/mol. The summed E-state index contributed by atoms with van der Waals surface area (Å²) in [6.07, 6.45) is 1.65. The second-order valence-electron chi connectivity index (χ2n) is 8.05. The second kappa shape index (κ2) is 10.8. The van der Waals surface area contributed by atoms with E-state index in [1.165, 1.54) is 37.0 Å². The number of benzene rings is 2. The number of carbonyl (C=O) groups excluding carboxylic acids is 2. The molecule has 2 aromatic carbocycles. The van der Waals surface area contributed by atoms with Crippen LogP contribution in [0.4, 0.5) is 0 Å². The maximum Gasteiger partial charge on any atom is 0.338 e. The first-order chi connectivity index (χ1) is 17.8. The summed E-state index contributed by atoms with van der Waals surface area (Å²) >= 11 is 1.18. The van der Waals surface area contributed by atoms with Gasteiger partial charge in [0.05, 0.1) is 42.7 Å². The molecule has 0 spiro atoms. The molecule has 0 radical (unpaired) electrons. The molecule has 37 heavy (non-hydrogen) atoms. The van der Waals surface area contributed by atoms with Gasteiger partial charge in [-0.25, -0.2) is 9.79 Å². The highest BCUT2D eigenvalue weighted by Crippen LogP contribution is 2.36. The maximum absolute atomic E-state index is 13.8. The van der Waals surface area contributed by atoms with E-state index in [0.717, 1.165) is 0 Å². The summed E-state index contributed by atoms with van der Waals surface area (Å²) in [6, 6.07) is 11.3. The van der Waals surface area contributed by atoms with E-state index in [0.29, 0.717) is 43.4 Å². The van der Waals surface area contributed by atoms with Crippen molar-refractivity contribution < 1.29 is 28.5 Å². The van der Waals surface area contributed by atoms with Crippen LogP contribution in [0.2, 0.25) is 0 Å². The fourth-order valence-electron chi connectivity index (χ4n) is 4.12. The van der Waals surface area contributed by atoms with Crippen molar-refractivity contribution >= 4 is 29.4 Å². The molecule has 192 valence electrons. The fourth-order valence-corrected chi connectivity index (χ4v) is 5.16. The number of hydrogen-bond acceptors (Lipinski definition) is 9. The van der Waals surface area contributed by atoms with Crippen LogP contribution in [-0.2, 0) is 14.3 Å². The molecule has 1 aromatic heterocycles. The summed E-state index contributed by atoms with van der Waals surface area (Å²) in [5.74, 6) is 0.276. The van der Waals surface area contributed by atoms with Gasteiger partial charge in [-0.2, -0.15) is 0 Å². The van der Waals surface area contributed by atoms with E-state index in [-0.39, 0.29) is 17.7 Å². The lowest BCUT2D eigenvalue weighted by molar-refractivity contribution is -0.139. The first kappa shape index (κ1) is 25.9. The van der Waals surface area contributed by atoms with Gasteiger partial charge in [0.2, 0.25) is 0 Å². The molecular weight excluding hydrogens is 496 g/mol. The van der Waals surface area contributed by atoms with Crippen LogP contribution in [0.15, 0.2) is 63.5 Å². The average Bonchev–Trinajstić information content (AvgIpc) is 3.17. The Bertz CT molecular complexity index is 1580. The van der Waals surface area contributed by atoms with Gasteiger partial charge < -0.3 is 18.9 Å². The molecule has 0 saturated heterocycles. The molecule has 0 N–H and O–H groups in total. The molecule has 10 heteroatoms. The van der Waals surface area contributed by atoms with Crippen LogP contribution in [0.3, 0.4) is 0 Å². The zero-order valence-electron chi connectivity index (χ0n) is 21.1. The van der Waals surface area contributed by atoms with Gasteiger partial charge in [-0.3, -0.25) is 14.2 Å². The average molecular weight is 523 g/mol. The summed E-state index contributed by atoms with van der Waals surface area (Å²) in [7, 11) is 3.05. The molecule has 2 heterocycles. The fraction of sp³-hybridized carbons (Fsp3) is 0.259. The molecule has 3 aromatic rings. The number of methoxy groups -OCH3 is 2. The number of aromatic nitrogens is 1. The molecule has 4 rings (SSSR count). The number of para-hydroxylation sites is 1. The lowest BCUT2D eigenvalue weighted by Gasteiger charge is -2.25. The minimum Gasteiger partial charge on any atom is -0.493 e. The van der Waals surface area contributed by atoms with Crippen molar-refractivity contribution in [1.29, 1.82) is 0 Å². The Labute approximate surface area is 216 Å². The first-order valence-corrected chi connectivity index (χ1v) is 12.3. The number of rotatable bonds is 7. The first-order valence-electron chi connectivity index (χ1n) is 11.5. The normalized spacial score (nSPS) is 15.1. The molecule has 1 aliphatic rings. The van der Waals surface area contributed by atoms with Crippen molar-refractivity contribution in [3.63, 3.8) is 0 Å². The summed E-state index contributed by atoms with van der Waals surface area (Å²) in [6.45, 7) is 4.92. The van der Waals surface area contributed by atoms with Gasteiger partial charge in [-0.1, -0.05) is 35.6 Å². The molecule has 0 amide bonds. The zero-order valence-corrected chi connectivity index (χ0v) is 21.9. The van der Waals surface area contributed by atoms with Crippen LogP contribution in [-0.4, -0.2) is 37.3 Å². The number of ether oxygens (including phenoxy) is 4. The number of allylic oxidation sites excluding steroid dienone is 1. The number of hydrogen-bond donors (Lipinski definition) is 0. The molecule has 0 saturated carbocycles. The van der Waals surface area contributed by atoms with Crippen LogP contribution in [0.25, 0.3) is 6.08 Å². The van der Waals surface area contributed by atoms with Crippen LogP contribution >= 0.6 is 11.3 Å². The molecule has 1 aliphatic heterocycles. The summed E-state index contributed by atoms with van der Waals surface area (Å²) in [5.41, 5.74) is 1.55. The summed E-state index contributed by atoms with van der Waals surface area (Å²) < 4.78 is 23.3. The van der Waals surface area contributed by atoms with Crippen LogP contribution in [0.5, 0.6) is 17.2 Å². The molecule has 0 bridgehead atoms. The molecule has 0 fully saturated rings. The van der Waals surface area contributed by atoms with Crippen LogP contribution in [0, 0.1) is 0 Å². The van der Waals surface area contributed by atoms with E-state index in [1.54, 1.807) is 62.4 Å². The smallest absolute Gasteiger partial charge is 0.338 e. The molecular formula is C27H26N2O7S. The van der Waals surface area contributed by atoms with E-state index < -0.39 is 18.0 Å². The van der Waals surface area contributed by atoms with Crippen molar-refractivity contribution in [2.24, 2.45) is 4.99 Å². The van der Waals surface area contributed by atoms with Crippen molar-refractivity contribution in [2.45, 2.75) is 26.8 Å². The van der Waals surface area contributed by atoms with Crippen molar-refractivity contribution in [1.82, 2.24) is 4.57 Å². The lowest BCUT2D eigenvalue weighted by Crippen LogP contribution is -2.40. The van der Waals surface area contributed by atoms with E-state index in [9.17, 15) is 14.4 Å². The highest BCUT2D eigenvalue weighted by atomic mass is 32.1. The van der Waals surface area contributed by atoms with E-state index in [1.807, 2.05) is 0 Å². The van der Waals surface area contributed by atoms with Crippen molar-refractivity contribution in [3.05, 3.63) is 84.5 Å². The Morgan fingerprint density at radius 3 is 2.49 bits per heavy atom. The van der Waals surface area contributed by atoms with Gasteiger partial charge in [0.15, 0.2) is 16.3 Å². The summed E-state index contributed by atoms with van der Waals surface area (Å²) in [5, 5.41) is 0. The van der Waals surface area contributed by atoms with Crippen LogP contribution in [0.1, 0.15) is 37.9 Å². The molecule has 9 nitrogen and oxygen atoms in total. The third-order valence-corrected chi connectivity index (χ3v) is 6.68. The molecule has 0 unspecified atom stereocenters. The summed E-state index contributed by atoms with van der Waals surface area (Å²) in [4.78, 5) is 43.4. The highest BCUT2D eigenvalue weighted by molar-refractivity contribution is 7.07. The Kier molecular flexibility index (Phi) is 7.58. The zero-order chi connectivity index (χ0) is 26.7. The number of esters is 2. The van der Waals surface area contributed by atoms with E-state index >= 15 is 0 Å². The highest BCUT2D eigenvalue weighted by Gasteiger charge is 2.34. The third-order valence-electron chi connectivity index (χ3n) is 5.70. The lowest BCUT2D eigenvalue weighted by atomic mass is 9.95. The van der Waals surface area contributed by atoms with Crippen LogP contribution < -0.4 is 29.1 Å². The maximum atomic E-state index is 13.8. The number of fused-ring (bicyclic) bond motifs is 1. The SMILES string of the molecule is CCOC(=O)C1=C(C)N=c2s/c(=C\c3ccccc3OC(C)=O)c(=O)n2[C@H]1c1ccc(OC)c(OC)c1. The van der Waals surface area contributed by atoms with Gasteiger partial charge >= 0.3 is 11.9 Å². The topological polar surface area (TPSA) is 105 Å². The van der Waals surface area contributed by atoms with Gasteiger partial charge in [0, 0.05) is 12.5 Å². The quantitative estimate of drug-likeness (QED) is 0.347. The van der Waals surface area contributed by atoms with E-state index in [2.05, 4.69) is 4.99 Å². The number of carbonyl (C=O) groups is 2. The standard InChI is InChI=1S/C27H26N2O7S/c1-6-35-26(32)23-15(2)28-27-29(24(23)18-11-12-20(33-4)21(13-18)34-5)25(31)22(37-27)14-17-9-7-8-10-19(17)36-16(3)30/h7-14,24H,6H2,1-5H3/b22-14-/t24-/m0/s1. The van der Waals surface area contributed by atoms with Gasteiger partial charge in [0.25, 0.3) is 5.56 Å². The minimum absolute atomic E-state index is 0.172. The van der Waals surface area contributed by atoms with Gasteiger partial charge in [-0.05, 0) is 43.7 Å². The molecule has 1 atom stereocenters. The van der Waals surface area contributed by atoms with Crippen molar-refractivity contribution in [3.8, 4) is 17.2 Å². The van der Waals surface area contributed by atoms with Gasteiger partial charge in [-0.15, -0.1) is 0 Å². The van der Waals surface area contributed by atoms with Crippen molar-refractivity contribution in [2.75, 3.05) is 20.8 Å². The number of nitrogens with zero attached hydrogens (tertiary/aromatic N) is 2. The molecule has 0 aliphatic carbocycles. The van der Waals surface area contributed by atoms with Gasteiger partial charge in [0.1, 0.15) is 5.75 Å². The second-order valence-corrected chi connectivity index (χ2v) is 9.06. The minimum atomic E-state index is -0.805.